The molecule has 3 aromatic carbocycles. The summed E-state index contributed by atoms with van der Waals surface area (Å²) < 4.78 is 13.3. The molecular formula is C31H32O5S. The van der Waals surface area contributed by atoms with Crippen molar-refractivity contribution in [1.82, 2.24) is 0 Å². The molecule has 5 nitrogen and oxygen atoms in total. The van der Waals surface area contributed by atoms with Crippen molar-refractivity contribution in [2.45, 2.75) is 52.6 Å². The fourth-order valence-electron chi connectivity index (χ4n) is 4.20. The van der Waals surface area contributed by atoms with E-state index in [1.54, 1.807) is 0 Å². The number of thiophene rings is 1. The van der Waals surface area contributed by atoms with E-state index in [2.05, 4.69) is 6.92 Å². The number of carboxylic acids is 1. The van der Waals surface area contributed by atoms with E-state index in [1.807, 2.05) is 80.6 Å². The normalized spacial score (nSPS) is 11.9. The molecule has 1 aromatic heterocycles. The number of hydrogen-bond acceptors (Lipinski definition) is 5. The van der Waals surface area contributed by atoms with Gasteiger partial charge in [0, 0.05) is 17.5 Å². The van der Waals surface area contributed by atoms with Crippen molar-refractivity contribution < 1.29 is 24.2 Å². The van der Waals surface area contributed by atoms with Crippen LogP contribution in [0.1, 0.15) is 58.6 Å². The highest BCUT2D eigenvalue weighted by Crippen LogP contribution is 2.31. The Morgan fingerprint density at radius 2 is 1.84 bits per heavy atom. The Morgan fingerprint density at radius 1 is 1.03 bits per heavy atom. The van der Waals surface area contributed by atoms with E-state index in [0.29, 0.717) is 35.6 Å². The third kappa shape index (κ3) is 6.77. The Kier molecular flexibility index (Phi) is 8.62. The molecule has 0 aliphatic carbocycles. The van der Waals surface area contributed by atoms with E-state index < -0.39 is 5.97 Å². The van der Waals surface area contributed by atoms with Crippen molar-refractivity contribution in [1.29, 1.82) is 0 Å². The molecule has 0 aliphatic heterocycles. The van der Waals surface area contributed by atoms with Gasteiger partial charge in [0.2, 0.25) is 5.78 Å². The van der Waals surface area contributed by atoms with Gasteiger partial charge in [-0.25, -0.2) is 0 Å². The van der Waals surface area contributed by atoms with Crippen LogP contribution >= 0.6 is 11.3 Å². The predicted octanol–water partition coefficient (Wildman–Crippen LogP) is 7.26. The average Bonchev–Trinajstić information content (AvgIpc) is 3.32. The molecule has 0 amide bonds. The van der Waals surface area contributed by atoms with Crippen LogP contribution in [0, 0.1) is 6.92 Å². The zero-order valence-corrected chi connectivity index (χ0v) is 22.3. The average molecular weight is 517 g/mol. The Morgan fingerprint density at radius 3 is 2.57 bits per heavy atom. The van der Waals surface area contributed by atoms with Crippen LogP contribution < -0.4 is 9.47 Å². The summed E-state index contributed by atoms with van der Waals surface area (Å²) in [7, 11) is 0. The van der Waals surface area contributed by atoms with Crippen molar-refractivity contribution in [3.05, 3.63) is 93.9 Å². The lowest BCUT2D eigenvalue weighted by atomic mass is 10.0. The second-order valence-corrected chi connectivity index (χ2v) is 10.3. The number of hydrogen-bond donors (Lipinski definition) is 1. The van der Waals surface area contributed by atoms with Crippen LogP contribution in [0.25, 0.3) is 10.1 Å². The summed E-state index contributed by atoms with van der Waals surface area (Å²) in [6.07, 6.45) is 1.95. The number of aliphatic carboxylic acids is 1. The molecule has 4 rings (SSSR count). The SMILES string of the molecule is CCc1ccc(OC(C)CCOc2ccc(CCC(=O)O)c(C)c2)c(C(=O)c2cc3ccccc3s2)c1. The zero-order chi connectivity index (χ0) is 26.4. The number of ketones is 1. The maximum atomic E-state index is 13.5. The van der Waals surface area contributed by atoms with Crippen LogP contribution in [0.3, 0.4) is 0 Å². The minimum absolute atomic E-state index is 0.0200. The summed E-state index contributed by atoms with van der Waals surface area (Å²) in [5.41, 5.74) is 3.71. The molecule has 0 radical (unpaired) electrons. The third-order valence-corrected chi connectivity index (χ3v) is 7.50. The standard InChI is InChI=1S/C31H32O5S/c1-4-22-9-13-27(26(18-22)31(34)29-19-24-7-5-6-8-28(24)37-29)36-21(3)15-16-35-25-12-10-23(20(2)17-25)11-14-30(32)33/h5-10,12-13,17-19,21H,4,11,14-16H2,1-3H3,(H,32,33). The molecule has 0 bridgehead atoms. The van der Waals surface area contributed by atoms with E-state index >= 15 is 0 Å². The highest BCUT2D eigenvalue weighted by atomic mass is 32.1. The van der Waals surface area contributed by atoms with E-state index in [0.717, 1.165) is 38.9 Å². The van der Waals surface area contributed by atoms with Crippen molar-refractivity contribution in [2.75, 3.05) is 6.61 Å². The largest absolute Gasteiger partial charge is 0.493 e. The van der Waals surface area contributed by atoms with Crippen molar-refractivity contribution in [3.63, 3.8) is 0 Å². The van der Waals surface area contributed by atoms with E-state index in [4.69, 9.17) is 14.6 Å². The molecule has 1 unspecified atom stereocenters. The molecule has 6 heteroatoms. The minimum atomic E-state index is -0.799. The van der Waals surface area contributed by atoms with Gasteiger partial charge in [-0.15, -0.1) is 11.3 Å². The Hall–Kier alpha value is -3.64. The highest BCUT2D eigenvalue weighted by molar-refractivity contribution is 7.21. The van der Waals surface area contributed by atoms with Gasteiger partial charge >= 0.3 is 5.97 Å². The number of carbonyl (C=O) groups excluding carboxylic acids is 1. The van der Waals surface area contributed by atoms with Gasteiger partial charge in [0.25, 0.3) is 0 Å². The summed E-state index contributed by atoms with van der Waals surface area (Å²) in [6.45, 7) is 6.47. The molecular weight excluding hydrogens is 484 g/mol. The molecule has 0 saturated heterocycles. The van der Waals surface area contributed by atoms with Gasteiger partial charge in [0.1, 0.15) is 11.5 Å². The molecule has 4 aromatic rings. The van der Waals surface area contributed by atoms with Gasteiger partial charge < -0.3 is 14.6 Å². The maximum absolute atomic E-state index is 13.5. The summed E-state index contributed by atoms with van der Waals surface area (Å²) >= 11 is 1.51. The predicted molar refractivity (Wildman–Crippen MR) is 148 cm³/mol. The number of carbonyl (C=O) groups is 2. The third-order valence-electron chi connectivity index (χ3n) is 6.39. The molecule has 0 saturated carbocycles. The molecule has 0 fully saturated rings. The van der Waals surface area contributed by atoms with Gasteiger partial charge in [-0.3, -0.25) is 9.59 Å². The first kappa shape index (κ1) is 26.4. The second-order valence-electron chi connectivity index (χ2n) is 9.21. The molecule has 192 valence electrons. The maximum Gasteiger partial charge on any atom is 0.303 e. The first-order valence-corrected chi connectivity index (χ1v) is 13.4. The number of carboxylic acid groups (broad SMARTS) is 1. The smallest absolute Gasteiger partial charge is 0.303 e. The summed E-state index contributed by atoms with van der Waals surface area (Å²) in [5, 5.41) is 9.97. The lowest BCUT2D eigenvalue weighted by Crippen LogP contribution is -2.17. The number of aryl methyl sites for hydroxylation is 3. The first-order chi connectivity index (χ1) is 17.8. The van der Waals surface area contributed by atoms with Gasteiger partial charge in [0.05, 0.1) is 23.2 Å². The van der Waals surface area contributed by atoms with Crippen LogP contribution in [0.5, 0.6) is 11.5 Å². The van der Waals surface area contributed by atoms with Gasteiger partial charge in [-0.2, -0.15) is 0 Å². The highest BCUT2D eigenvalue weighted by Gasteiger charge is 2.19. The topological polar surface area (TPSA) is 72.8 Å². The fourth-order valence-corrected chi connectivity index (χ4v) is 5.22. The van der Waals surface area contributed by atoms with Crippen LogP contribution in [-0.2, 0) is 17.6 Å². The Bertz CT molecular complexity index is 1370. The number of benzene rings is 3. The summed E-state index contributed by atoms with van der Waals surface area (Å²) in [5.74, 6) is 0.516. The van der Waals surface area contributed by atoms with Crippen LogP contribution in [0.4, 0.5) is 0 Å². The van der Waals surface area contributed by atoms with Gasteiger partial charge in [-0.1, -0.05) is 37.3 Å². The van der Waals surface area contributed by atoms with E-state index in [-0.39, 0.29) is 18.3 Å². The zero-order valence-electron chi connectivity index (χ0n) is 21.5. The molecule has 0 spiro atoms. The molecule has 37 heavy (non-hydrogen) atoms. The number of fused-ring (bicyclic) bond motifs is 1. The number of rotatable bonds is 12. The number of ether oxygens (including phenoxy) is 2. The lowest BCUT2D eigenvalue weighted by molar-refractivity contribution is -0.136. The van der Waals surface area contributed by atoms with Crippen LogP contribution in [0.2, 0.25) is 0 Å². The van der Waals surface area contributed by atoms with Crippen molar-refractivity contribution in [2.24, 2.45) is 0 Å². The first-order valence-electron chi connectivity index (χ1n) is 12.6. The molecule has 1 N–H and O–H groups in total. The monoisotopic (exact) mass is 516 g/mol. The van der Waals surface area contributed by atoms with Crippen molar-refractivity contribution >= 4 is 33.2 Å². The Labute approximate surface area is 221 Å². The summed E-state index contributed by atoms with van der Waals surface area (Å²) in [4.78, 5) is 25.0. The van der Waals surface area contributed by atoms with Gasteiger partial charge in [0.15, 0.2) is 0 Å². The second kappa shape index (κ2) is 12.1. The lowest BCUT2D eigenvalue weighted by Gasteiger charge is -2.18. The van der Waals surface area contributed by atoms with E-state index in [1.165, 1.54) is 11.3 Å². The minimum Gasteiger partial charge on any atom is -0.493 e. The molecule has 1 atom stereocenters. The van der Waals surface area contributed by atoms with Crippen LogP contribution in [-0.4, -0.2) is 29.6 Å². The fraction of sp³-hybridized carbons (Fsp3) is 0.290. The molecule has 1 heterocycles. The van der Waals surface area contributed by atoms with Gasteiger partial charge in [-0.05, 0) is 85.2 Å². The molecule has 0 aliphatic rings. The quantitative estimate of drug-likeness (QED) is 0.201. The Balaban J connectivity index is 1.40. The summed E-state index contributed by atoms with van der Waals surface area (Å²) in [6, 6.07) is 21.6. The van der Waals surface area contributed by atoms with E-state index in [9.17, 15) is 9.59 Å². The van der Waals surface area contributed by atoms with Crippen LogP contribution in [0.15, 0.2) is 66.7 Å². The van der Waals surface area contributed by atoms with Crippen molar-refractivity contribution in [3.8, 4) is 11.5 Å².